The average molecular weight is 491 g/mol. The summed E-state index contributed by atoms with van der Waals surface area (Å²) in [5, 5.41) is 7.68. The molecule has 1 aromatic carbocycles. The number of nitrogen functional groups attached to an aromatic ring is 1. The third-order valence-electron chi connectivity index (χ3n) is 7.52. The van der Waals surface area contributed by atoms with Gasteiger partial charge in [-0.2, -0.15) is 5.10 Å². The lowest BCUT2D eigenvalue weighted by atomic mass is 9.73. The predicted octanol–water partition coefficient (Wildman–Crippen LogP) is 4.03. The highest BCUT2D eigenvalue weighted by Crippen LogP contribution is 2.51. The number of nitrogens with two attached hydrogens (primary N) is 2. The Bertz CT molecular complexity index is 1470. The maximum Gasteiger partial charge on any atom is 0.202 e. The summed E-state index contributed by atoms with van der Waals surface area (Å²) < 4.78 is 13.8. The minimum Gasteiger partial charge on any atom is -0.382 e. The molecule has 8 nitrogen and oxygen atoms in total. The molecular weight excluding hydrogens is 467 g/mol. The van der Waals surface area contributed by atoms with Crippen molar-refractivity contribution in [1.29, 1.82) is 0 Å². The summed E-state index contributed by atoms with van der Waals surface area (Å²) in [6.07, 6.45) is 6.02. The Morgan fingerprint density at radius 3 is 2.83 bits per heavy atom. The van der Waals surface area contributed by atoms with Crippen LogP contribution in [0.2, 0.25) is 5.02 Å². The molecule has 1 saturated heterocycles. The largest absolute Gasteiger partial charge is 0.382 e. The number of fused-ring (bicyclic) bond motifs is 2. The standard InChI is InChI=1S/C25H24ClFN8/c1-13(16-4-7-30-23(29)19(16)26)20-21-24(34-33-20)32-18(12-31-21)35-8-5-25(6-9-35)11-14-2-3-15(27)10-17(14)22(25)28/h2-4,7,10,12,22H,1,5-6,8-9,11,28H2,(H2,29,30)(H,32,33,34)/t22-/m1/s1. The first kappa shape index (κ1) is 21.9. The minimum atomic E-state index is -0.229. The average Bonchev–Trinajstić information content (AvgIpc) is 3.40. The van der Waals surface area contributed by atoms with Crippen LogP contribution in [0.4, 0.5) is 16.0 Å². The Morgan fingerprint density at radius 2 is 2.03 bits per heavy atom. The molecule has 0 bridgehead atoms. The summed E-state index contributed by atoms with van der Waals surface area (Å²) >= 11 is 6.33. The topological polar surface area (TPSA) is 123 Å². The lowest BCUT2D eigenvalue weighted by Gasteiger charge is -2.42. The number of aromatic nitrogens is 5. The van der Waals surface area contributed by atoms with E-state index < -0.39 is 0 Å². The molecular formula is C25H24ClFN8. The van der Waals surface area contributed by atoms with E-state index >= 15 is 0 Å². The summed E-state index contributed by atoms with van der Waals surface area (Å²) in [4.78, 5) is 15.6. The first-order chi connectivity index (χ1) is 16.9. The lowest BCUT2D eigenvalue weighted by molar-refractivity contribution is 0.187. The van der Waals surface area contributed by atoms with Gasteiger partial charge in [-0.3, -0.25) is 5.10 Å². The molecule has 1 aliphatic carbocycles. The second-order valence-corrected chi connectivity index (χ2v) is 9.76. The van der Waals surface area contributed by atoms with Crippen molar-refractivity contribution in [1.82, 2.24) is 25.1 Å². The SMILES string of the molecule is C=C(c1ccnc(N)c1Cl)c1[nH]nc2nc(N3CCC4(CC3)Cc3ccc(F)cc3[C@H]4N)cnc12. The zero-order valence-electron chi connectivity index (χ0n) is 18.9. The third-order valence-corrected chi connectivity index (χ3v) is 7.92. The normalized spacial score (nSPS) is 18.8. The van der Waals surface area contributed by atoms with Crippen LogP contribution in [-0.4, -0.2) is 38.2 Å². The Hall–Kier alpha value is -3.56. The molecule has 1 aliphatic heterocycles. The number of nitrogens with one attached hydrogen (secondary N) is 1. The van der Waals surface area contributed by atoms with Crippen molar-refractivity contribution in [2.45, 2.75) is 25.3 Å². The van der Waals surface area contributed by atoms with Gasteiger partial charge in [-0.25, -0.2) is 19.3 Å². The molecule has 1 spiro atoms. The zero-order valence-corrected chi connectivity index (χ0v) is 19.7. The molecule has 0 amide bonds. The van der Waals surface area contributed by atoms with Crippen LogP contribution < -0.4 is 16.4 Å². The number of nitrogens with zero attached hydrogens (tertiary/aromatic N) is 5. The number of halogens is 2. The molecule has 2 aliphatic rings. The van der Waals surface area contributed by atoms with E-state index in [1.54, 1.807) is 24.5 Å². The van der Waals surface area contributed by atoms with Crippen LogP contribution in [0.15, 0.2) is 43.2 Å². The molecule has 1 atom stereocenters. The molecule has 5 N–H and O–H groups in total. The van der Waals surface area contributed by atoms with Crippen LogP contribution in [0, 0.1) is 11.2 Å². The van der Waals surface area contributed by atoms with Crippen LogP contribution in [0.25, 0.3) is 16.7 Å². The monoisotopic (exact) mass is 490 g/mol. The number of rotatable bonds is 3. The quantitative estimate of drug-likeness (QED) is 0.396. The van der Waals surface area contributed by atoms with Crippen molar-refractivity contribution < 1.29 is 4.39 Å². The predicted molar refractivity (Wildman–Crippen MR) is 134 cm³/mol. The van der Waals surface area contributed by atoms with Gasteiger partial charge in [0.2, 0.25) is 5.65 Å². The Morgan fingerprint density at radius 1 is 1.23 bits per heavy atom. The number of benzene rings is 1. The number of aromatic amines is 1. The van der Waals surface area contributed by atoms with E-state index in [9.17, 15) is 4.39 Å². The number of piperidine rings is 1. The van der Waals surface area contributed by atoms with E-state index in [0.29, 0.717) is 33.0 Å². The molecule has 0 unspecified atom stereocenters. The highest BCUT2D eigenvalue weighted by Gasteiger charge is 2.46. The number of hydrogen-bond donors (Lipinski definition) is 3. The van der Waals surface area contributed by atoms with Crippen molar-refractivity contribution in [3.8, 4) is 0 Å². The van der Waals surface area contributed by atoms with Crippen molar-refractivity contribution in [3.63, 3.8) is 0 Å². The van der Waals surface area contributed by atoms with E-state index in [-0.39, 0.29) is 23.1 Å². The fourth-order valence-electron chi connectivity index (χ4n) is 5.48. The highest BCUT2D eigenvalue weighted by atomic mass is 35.5. The van der Waals surface area contributed by atoms with Gasteiger partial charge in [0.05, 0.1) is 16.9 Å². The van der Waals surface area contributed by atoms with Crippen molar-refractivity contribution >= 4 is 40.0 Å². The first-order valence-corrected chi connectivity index (χ1v) is 11.8. The molecule has 0 saturated carbocycles. The molecule has 4 aromatic rings. The summed E-state index contributed by atoms with van der Waals surface area (Å²) in [5.74, 6) is 0.769. The van der Waals surface area contributed by atoms with Gasteiger partial charge >= 0.3 is 0 Å². The van der Waals surface area contributed by atoms with E-state index in [1.807, 2.05) is 6.07 Å². The Balaban J connectivity index is 1.22. The van der Waals surface area contributed by atoms with Gasteiger partial charge in [0.25, 0.3) is 0 Å². The number of hydrogen-bond acceptors (Lipinski definition) is 7. The summed E-state index contributed by atoms with van der Waals surface area (Å²) in [6, 6.07) is 6.59. The molecule has 35 heavy (non-hydrogen) atoms. The first-order valence-electron chi connectivity index (χ1n) is 11.5. The molecule has 1 fully saturated rings. The maximum atomic E-state index is 13.8. The zero-order chi connectivity index (χ0) is 24.3. The fourth-order valence-corrected chi connectivity index (χ4v) is 5.71. The number of pyridine rings is 1. The van der Waals surface area contributed by atoms with E-state index in [0.717, 1.165) is 49.3 Å². The third kappa shape index (κ3) is 3.45. The van der Waals surface area contributed by atoms with Crippen LogP contribution in [0.1, 0.15) is 41.3 Å². The smallest absolute Gasteiger partial charge is 0.202 e. The van der Waals surface area contributed by atoms with Crippen molar-refractivity contribution in [2.24, 2.45) is 11.1 Å². The molecule has 178 valence electrons. The Labute approximate surface area is 206 Å². The highest BCUT2D eigenvalue weighted by molar-refractivity contribution is 6.34. The summed E-state index contributed by atoms with van der Waals surface area (Å²) in [7, 11) is 0. The minimum absolute atomic E-state index is 0.0486. The second kappa shape index (κ2) is 8.00. The number of anilines is 2. The van der Waals surface area contributed by atoms with Gasteiger partial charge in [0.15, 0.2) is 0 Å². The van der Waals surface area contributed by atoms with Gasteiger partial charge in [0, 0.05) is 36.5 Å². The van der Waals surface area contributed by atoms with Crippen LogP contribution in [0.5, 0.6) is 0 Å². The summed E-state index contributed by atoms with van der Waals surface area (Å²) in [6.45, 7) is 5.73. The van der Waals surface area contributed by atoms with Gasteiger partial charge in [0.1, 0.15) is 23.0 Å². The molecule has 6 rings (SSSR count). The number of H-pyrrole nitrogens is 1. The summed E-state index contributed by atoms with van der Waals surface area (Å²) in [5.41, 5.74) is 17.5. The van der Waals surface area contributed by atoms with E-state index in [1.165, 1.54) is 6.07 Å². The van der Waals surface area contributed by atoms with Gasteiger partial charge in [-0.1, -0.05) is 24.2 Å². The van der Waals surface area contributed by atoms with E-state index in [4.69, 9.17) is 28.1 Å². The Kier molecular flexibility index (Phi) is 5.01. The van der Waals surface area contributed by atoms with Crippen molar-refractivity contribution in [2.75, 3.05) is 23.7 Å². The van der Waals surface area contributed by atoms with Gasteiger partial charge in [-0.15, -0.1) is 0 Å². The van der Waals surface area contributed by atoms with Crippen LogP contribution in [-0.2, 0) is 6.42 Å². The van der Waals surface area contributed by atoms with E-state index in [2.05, 4.69) is 31.6 Å². The van der Waals surface area contributed by atoms with Crippen LogP contribution in [0.3, 0.4) is 0 Å². The maximum absolute atomic E-state index is 13.8. The molecule has 0 radical (unpaired) electrons. The fraction of sp³-hybridized carbons (Fsp3) is 0.280. The molecule has 10 heteroatoms. The van der Waals surface area contributed by atoms with Gasteiger partial charge in [-0.05, 0) is 54.0 Å². The van der Waals surface area contributed by atoms with Crippen molar-refractivity contribution in [3.05, 3.63) is 76.5 Å². The van der Waals surface area contributed by atoms with Crippen LogP contribution >= 0.6 is 11.6 Å². The molecule has 3 aromatic heterocycles. The van der Waals surface area contributed by atoms with Gasteiger partial charge < -0.3 is 16.4 Å². The second-order valence-electron chi connectivity index (χ2n) is 9.38. The lowest BCUT2D eigenvalue weighted by Crippen LogP contribution is -2.44. The molecule has 4 heterocycles.